The Labute approximate surface area is 196 Å². The van der Waals surface area contributed by atoms with Crippen molar-refractivity contribution in [2.24, 2.45) is 7.05 Å². The Morgan fingerprint density at radius 2 is 1.53 bits per heavy atom. The van der Waals surface area contributed by atoms with Crippen molar-refractivity contribution in [2.45, 2.75) is 6.18 Å². The number of carbonyl (C=O) groups is 1. The minimum Gasteiger partial charge on any atom is -0.356 e. The van der Waals surface area contributed by atoms with Gasteiger partial charge in [0.15, 0.2) is 0 Å². The van der Waals surface area contributed by atoms with Gasteiger partial charge in [0.25, 0.3) is 5.56 Å². The van der Waals surface area contributed by atoms with Crippen molar-refractivity contribution >= 4 is 51.3 Å². The Bertz CT molecular complexity index is 1440. The molecule has 1 heterocycles. The summed E-state index contributed by atoms with van der Waals surface area (Å²) in [4.78, 5) is 28.7. The van der Waals surface area contributed by atoms with Gasteiger partial charge in [0, 0.05) is 29.8 Å². The zero-order chi connectivity index (χ0) is 24.5. The number of rotatable bonds is 4. The second-order valence-electron chi connectivity index (χ2n) is 7.37. The average molecular weight is 488 g/mol. The molecule has 0 saturated carbocycles. The fraction of sp³-hybridized carbons (Fsp3) is 0.0870. The second kappa shape index (κ2) is 9.06. The number of nitrogens with one attached hydrogen (secondary N) is 3. The standard InChI is InChI=1S/C23H17ClF3N5O2/c1-32-12-28-20-9-7-15(10-17(20)21(32)33)29-13-2-4-14(5-3-13)30-22(34)31-16-6-8-19(24)18(11-16)23(25,26)27/h2-12,29H,1H3,(H2,30,31,34). The molecule has 0 radical (unpaired) electrons. The van der Waals surface area contributed by atoms with Gasteiger partial charge in [-0.1, -0.05) is 11.6 Å². The lowest BCUT2D eigenvalue weighted by Gasteiger charge is -2.13. The molecule has 0 atom stereocenters. The number of aryl methyl sites for hydroxylation is 1. The van der Waals surface area contributed by atoms with E-state index < -0.39 is 22.8 Å². The molecule has 0 aliphatic heterocycles. The normalized spacial score (nSPS) is 11.3. The van der Waals surface area contributed by atoms with Gasteiger partial charge in [-0.15, -0.1) is 0 Å². The summed E-state index contributed by atoms with van der Waals surface area (Å²) in [7, 11) is 1.62. The molecule has 174 valence electrons. The molecule has 4 rings (SSSR count). The van der Waals surface area contributed by atoms with Crippen LogP contribution in [0.15, 0.2) is 71.8 Å². The first-order valence-corrected chi connectivity index (χ1v) is 10.3. The van der Waals surface area contributed by atoms with Gasteiger partial charge >= 0.3 is 12.2 Å². The third kappa shape index (κ3) is 5.12. The van der Waals surface area contributed by atoms with Crippen molar-refractivity contribution in [2.75, 3.05) is 16.0 Å². The van der Waals surface area contributed by atoms with Crippen LogP contribution in [-0.2, 0) is 13.2 Å². The van der Waals surface area contributed by atoms with Crippen molar-refractivity contribution < 1.29 is 18.0 Å². The summed E-state index contributed by atoms with van der Waals surface area (Å²) in [6.45, 7) is 0. The lowest BCUT2D eigenvalue weighted by atomic mass is 10.2. The highest BCUT2D eigenvalue weighted by atomic mass is 35.5. The van der Waals surface area contributed by atoms with E-state index in [4.69, 9.17) is 11.6 Å². The smallest absolute Gasteiger partial charge is 0.356 e. The van der Waals surface area contributed by atoms with E-state index in [9.17, 15) is 22.8 Å². The first-order chi connectivity index (χ1) is 16.1. The highest BCUT2D eigenvalue weighted by Gasteiger charge is 2.33. The van der Waals surface area contributed by atoms with Gasteiger partial charge < -0.3 is 20.5 Å². The largest absolute Gasteiger partial charge is 0.417 e. The van der Waals surface area contributed by atoms with Crippen LogP contribution in [0.1, 0.15) is 5.56 Å². The molecule has 0 aliphatic rings. The summed E-state index contributed by atoms with van der Waals surface area (Å²) in [5.41, 5.74) is 1.13. The van der Waals surface area contributed by atoms with Crippen LogP contribution >= 0.6 is 11.6 Å². The molecule has 0 unspecified atom stereocenters. The molecular weight excluding hydrogens is 471 g/mol. The zero-order valence-corrected chi connectivity index (χ0v) is 18.3. The molecular formula is C23H17ClF3N5O2. The number of hydrogen-bond donors (Lipinski definition) is 3. The number of benzene rings is 3. The van der Waals surface area contributed by atoms with Crippen LogP contribution in [-0.4, -0.2) is 15.6 Å². The lowest BCUT2D eigenvalue weighted by Crippen LogP contribution is -2.19. The van der Waals surface area contributed by atoms with Gasteiger partial charge in [0.05, 0.1) is 27.8 Å². The maximum atomic E-state index is 13.0. The lowest BCUT2D eigenvalue weighted by molar-refractivity contribution is -0.137. The maximum Gasteiger partial charge on any atom is 0.417 e. The van der Waals surface area contributed by atoms with Crippen molar-refractivity contribution in [3.05, 3.63) is 87.9 Å². The molecule has 3 aromatic carbocycles. The quantitative estimate of drug-likeness (QED) is 0.330. The Morgan fingerprint density at radius 3 is 2.24 bits per heavy atom. The molecule has 34 heavy (non-hydrogen) atoms. The van der Waals surface area contributed by atoms with Gasteiger partial charge in [-0.2, -0.15) is 13.2 Å². The molecule has 0 spiro atoms. The minimum absolute atomic E-state index is 0.0514. The summed E-state index contributed by atoms with van der Waals surface area (Å²) in [6.07, 6.45) is -3.18. The van der Waals surface area contributed by atoms with Gasteiger partial charge in [0.1, 0.15) is 0 Å². The first-order valence-electron chi connectivity index (χ1n) is 9.87. The van der Waals surface area contributed by atoms with Crippen molar-refractivity contribution in [3.8, 4) is 0 Å². The van der Waals surface area contributed by atoms with E-state index in [1.807, 2.05) is 0 Å². The highest BCUT2D eigenvalue weighted by molar-refractivity contribution is 6.31. The first kappa shape index (κ1) is 23.1. The van der Waals surface area contributed by atoms with E-state index in [2.05, 4.69) is 20.9 Å². The highest BCUT2D eigenvalue weighted by Crippen LogP contribution is 2.36. The van der Waals surface area contributed by atoms with Gasteiger partial charge in [-0.3, -0.25) is 4.79 Å². The molecule has 11 heteroatoms. The Kier molecular flexibility index (Phi) is 6.16. The molecule has 4 aromatic rings. The van der Waals surface area contributed by atoms with E-state index in [-0.39, 0.29) is 11.2 Å². The fourth-order valence-corrected chi connectivity index (χ4v) is 3.43. The number of nitrogens with zero attached hydrogens (tertiary/aromatic N) is 2. The molecule has 7 nitrogen and oxygen atoms in total. The number of carbonyl (C=O) groups excluding carboxylic acids is 1. The summed E-state index contributed by atoms with van der Waals surface area (Å²) in [5.74, 6) is 0. The van der Waals surface area contributed by atoms with Gasteiger partial charge in [-0.25, -0.2) is 9.78 Å². The summed E-state index contributed by atoms with van der Waals surface area (Å²) < 4.78 is 40.3. The number of urea groups is 1. The number of amides is 2. The SMILES string of the molecule is Cn1cnc2ccc(Nc3ccc(NC(=O)Nc4ccc(Cl)c(C(F)(F)F)c4)cc3)cc2c1=O. The molecule has 0 fully saturated rings. The molecule has 0 bridgehead atoms. The van der Waals surface area contributed by atoms with E-state index in [0.29, 0.717) is 28.0 Å². The molecule has 0 saturated heterocycles. The molecule has 3 N–H and O–H groups in total. The third-order valence-electron chi connectivity index (χ3n) is 4.88. The van der Waals surface area contributed by atoms with E-state index in [0.717, 1.165) is 12.1 Å². The van der Waals surface area contributed by atoms with Crippen LogP contribution < -0.4 is 21.5 Å². The van der Waals surface area contributed by atoms with E-state index >= 15 is 0 Å². The molecule has 1 aromatic heterocycles. The number of aromatic nitrogens is 2. The van der Waals surface area contributed by atoms with Crippen molar-refractivity contribution in [1.29, 1.82) is 0 Å². The summed E-state index contributed by atoms with van der Waals surface area (Å²) >= 11 is 5.59. The van der Waals surface area contributed by atoms with Crippen LogP contribution in [0, 0.1) is 0 Å². The van der Waals surface area contributed by atoms with Crippen molar-refractivity contribution in [3.63, 3.8) is 0 Å². The topological polar surface area (TPSA) is 88.1 Å². The summed E-state index contributed by atoms with van der Waals surface area (Å²) in [6, 6.07) is 14.3. The number of anilines is 4. The van der Waals surface area contributed by atoms with Gasteiger partial charge in [0.2, 0.25) is 0 Å². The second-order valence-corrected chi connectivity index (χ2v) is 7.77. The Morgan fingerprint density at radius 1 is 0.912 bits per heavy atom. The van der Waals surface area contributed by atoms with Gasteiger partial charge in [-0.05, 0) is 60.7 Å². The number of hydrogen-bond acceptors (Lipinski definition) is 4. The number of fused-ring (bicyclic) bond motifs is 1. The Hall–Kier alpha value is -4.05. The number of alkyl halides is 3. The van der Waals surface area contributed by atoms with E-state index in [1.165, 1.54) is 17.0 Å². The zero-order valence-electron chi connectivity index (χ0n) is 17.6. The van der Waals surface area contributed by atoms with E-state index in [1.54, 1.807) is 49.5 Å². The van der Waals surface area contributed by atoms with Crippen LogP contribution in [0.25, 0.3) is 10.9 Å². The van der Waals surface area contributed by atoms with Crippen molar-refractivity contribution in [1.82, 2.24) is 9.55 Å². The minimum atomic E-state index is -4.64. The predicted octanol–water partition coefficient (Wildman–Crippen LogP) is 5.99. The Balaban J connectivity index is 1.42. The molecule has 2 amide bonds. The van der Waals surface area contributed by atoms with Crippen LogP contribution in [0.4, 0.5) is 40.7 Å². The fourth-order valence-electron chi connectivity index (χ4n) is 3.21. The third-order valence-corrected chi connectivity index (χ3v) is 5.21. The average Bonchev–Trinajstić information content (AvgIpc) is 2.78. The van der Waals surface area contributed by atoms with Crippen LogP contribution in [0.3, 0.4) is 0 Å². The maximum absolute atomic E-state index is 13.0. The predicted molar refractivity (Wildman–Crippen MR) is 126 cm³/mol. The van der Waals surface area contributed by atoms with Crippen LogP contribution in [0.2, 0.25) is 5.02 Å². The van der Waals surface area contributed by atoms with Crippen LogP contribution in [0.5, 0.6) is 0 Å². The monoisotopic (exact) mass is 487 g/mol. The molecule has 0 aliphatic carbocycles. The number of halogens is 4. The summed E-state index contributed by atoms with van der Waals surface area (Å²) in [5, 5.41) is 8.08.